The molecule has 3 aromatic carbocycles. The number of nitrogens with zero attached hydrogens (tertiary/aromatic N) is 1. The molecule has 1 heterocycles. The van der Waals surface area contributed by atoms with Gasteiger partial charge in [-0.05, 0) is 54.8 Å². The maximum absolute atomic E-state index is 15.5. The number of carbonyl (C=O) groups is 6. The average molecular weight is 899 g/mol. The molecule has 2 bridgehead atoms. The zero-order valence-electron chi connectivity index (χ0n) is 36.4. The molecule has 344 valence electrons. The van der Waals surface area contributed by atoms with Crippen LogP contribution in [-0.4, -0.2) is 110 Å². The summed E-state index contributed by atoms with van der Waals surface area (Å²) in [5.74, 6) is -7.32. The second-order valence-corrected chi connectivity index (χ2v) is 17.8. The van der Waals surface area contributed by atoms with Crippen LogP contribution in [0.5, 0.6) is 0 Å². The highest BCUT2D eigenvalue weighted by molar-refractivity contribution is 5.96. The molecule has 1 unspecified atom stereocenters. The van der Waals surface area contributed by atoms with Crippen LogP contribution in [0.3, 0.4) is 0 Å². The molecular weight excluding hydrogens is 849 g/mol. The van der Waals surface area contributed by atoms with Gasteiger partial charge in [0, 0.05) is 49.8 Å². The van der Waals surface area contributed by atoms with Crippen LogP contribution in [0.25, 0.3) is 0 Å². The van der Waals surface area contributed by atoms with Crippen molar-refractivity contribution in [1.29, 1.82) is 0 Å². The van der Waals surface area contributed by atoms with E-state index in [0.717, 1.165) is 26.0 Å². The van der Waals surface area contributed by atoms with Crippen molar-refractivity contribution in [2.24, 2.45) is 16.7 Å². The molecule has 65 heavy (non-hydrogen) atoms. The molecule has 11 atom stereocenters. The zero-order chi connectivity index (χ0) is 47.4. The summed E-state index contributed by atoms with van der Waals surface area (Å²) in [6.07, 6.45) is -11.1. The maximum Gasteiger partial charge on any atom is 0.338 e. The second-order valence-electron chi connectivity index (χ2n) is 17.8. The summed E-state index contributed by atoms with van der Waals surface area (Å²) in [4.78, 5) is 94.5. The number of hydrogen-bond acceptors (Lipinski definition) is 16. The van der Waals surface area contributed by atoms with E-state index in [1.54, 1.807) is 36.4 Å². The maximum atomic E-state index is 15.5. The highest BCUT2D eigenvalue weighted by Crippen LogP contribution is 2.64. The first-order valence-corrected chi connectivity index (χ1v) is 21.0. The fraction of sp³-hybridized carbons (Fsp3) is 0.447. The van der Waals surface area contributed by atoms with E-state index in [0.29, 0.717) is 0 Å². The summed E-state index contributed by atoms with van der Waals surface area (Å²) in [6.45, 7) is 7.70. The SMILES string of the molecule is CC(=O)O[C@H]1C(=O)[C@@]2(C)C([C@H](OC(=O)c3ccccc3)[C@]3(O)C[C@H](OC(=O)[C@H](O)[C@@H](NC(=O)c4ccccc4)c4ccc([N+](=O)[O-])cc4)C(C)=C1C3(C)C)[C@]1(OC(C)=O)CO[C@@H]1C[C@@H]2O. The van der Waals surface area contributed by atoms with Gasteiger partial charge in [0.2, 0.25) is 0 Å². The van der Waals surface area contributed by atoms with Crippen LogP contribution in [0.15, 0.2) is 96.1 Å². The lowest BCUT2D eigenvalue weighted by Crippen LogP contribution is -2.82. The van der Waals surface area contributed by atoms with Crippen LogP contribution < -0.4 is 5.32 Å². The predicted octanol–water partition coefficient (Wildman–Crippen LogP) is 3.64. The summed E-state index contributed by atoms with van der Waals surface area (Å²) in [7, 11) is 0. The molecule has 2 saturated carbocycles. The zero-order valence-corrected chi connectivity index (χ0v) is 36.4. The molecule has 1 amide bonds. The molecule has 0 radical (unpaired) electrons. The van der Waals surface area contributed by atoms with Gasteiger partial charge >= 0.3 is 23.9 Å². The summed E-state index contributed by atoms with van der Waals surface area (Å²) in [5.41, 5.74) is -8.12. The van der Waals surface area contributed by atoms with E-state index >= 15 is 4.79 Å². The van der Waals surface area contributed by atoms with Gasteiger partial charge in [0.1, 0.15) is 23.9 Å². The Bertz CT molecular complexity index is 2440. The first-order valence-electron chi connectivity index (χ1n) is 21.0. The van der Waals surface area contributed by atoms with Gasteiger partial charge in [-0.1, -0.05) is 62.4 Å². The third kappa shape index (κ3) is 7.87. The van der Waals surface area contributed by atoms with Crippen molar-refractivity contribution < 1.29 is 72.7 Å². The third-order valence-corrected chi connectivity index (χ3v) is 13.8. The third-order valence-electron chi connectivity index (χ3n) is 13.8. The minimum atomic E-state index is -2.46. The Kier molecular flexibility index (Phi) is 12.4. The van der Waals surface area contributed by atoms with Gasteiger partial charge < -0.3 is 44.3 Å². The standard InChI is InChI=1S/C47H50N2O16/c1-24-31(63-43(57)36(53)35(27-17-19-30(20-18-27)49(59)60)48-41(55)28-13-9-7-10-14-28)22-47(58)40(64-42(56)29-15-11-8-12-16-29)38-45(6,32(52)21-33-46(38,23-61-33)65-26(3)51)39(54)37(62-25(2)50)34(24)44(47,4)5/h7-20,31-33,35-38,40,52-53,58H,21-23H2,1-6H3,(H,48,55)/t31-,32-,33+,35-,36+,37+,38?,40-,45+,46-,47+/m0/s1. The van der Waals surface area contributed by atoms with E-state index in [2.05, 4.69) is 5.32 Å². The fourth-order valence-electron chi connectivity index (χ4n) is 10.3. The Labute approximate surface area is 373 Å². The number of amides is 1. The normalized spacial score (nSPS) is 30.9. The number of Topliss-reactive ketones (excluding diaryl/α,β-unsaturated/α-hetero) is 1. The lowest BCUT2D eigenvalue weighted by atomic mass is 9.44. The molecule has 1 saturated heterocycles. The molecule has 3 aromatic rings. The van der Waals surface area contributed by atoms with E-state index in [9.17, 15) is 49.4 Å². The number of benzene rings is 3. The predicted molar refractivity (Wildman–Crippen MR) is 224 cm³/mol. The van der Waals surface area contributed by atoms with Crippen LogP contribution in [-0.2, 0) is 42.9 Å². The summed E-state index contributed by atoms with van der Waals surface area (Å²) in [5, 5.41) is 51.7. The Morgan fingerprint density at radius 3 is 2.02 bits per heavy atom. The number of aliphatic hydroxyl groups is 3. The van der Waals surface area contributed by atoms with Gasteiger partial charge in [-0.15, -0.1) is 0 Å². The number of esters is 4. The molecule has 3 aliphatic carbocycles. The van der Waals surface area contributed by atoms with E-state index < -0.39 is 118 Å². The summed E-state index contributed by atoms with van der Waals surface area (Å²) in [6, 6.07) is 18.7. The Morgan fingerprint density at radius 2 is 1.48 bits per heavy atom. The number of nitrogens with one attached hydrogen (secondary N) is 1. The van der Waals surface area contributed by atoms with Crippen LogP contribution in [0.1, 0.15) is 86.7 Å². The number of nitro benzene ring substituents is 1. The first kappa shape index (κ1) is 46.6. The van der Waals surface area contributed by atoms with Crippen LogP contribution >= 0.6 is 0 Å². The Morgan fingerprint density at radius 1 is 0.877 bits per heavy atom. The van der Waals surface area contributed by atoms with Gasteiger partial charge in [0.25, 0.3) is 11.6 Å². The van der Waals surface area contributed by atoms with E-state index in [4.69, 9.17) is 23.7 Å². The Balaban J connectivity index is 1.38. The highest BCUT2D eigenvalue weighted by Gasteiger charge is 2.78. The molecule has 0 aromatic heterocycles. The smallest absolute Gasteiger partial charge is 0.338 e. The van der Waals surface area contributed by atoms with E-state index in [-0.39, 0.29) is 46.6 Å². The molecular formula is C47H50N2O16. The van der Waals surface area contributed by atoms with Crippen molar-refractivity contribution in [2.45, 2.75) is 108 Å². The lowest BCUT2D eigenvalue weighted by Gasteiger charge is -2.67. The number of carbonyl (C=O) groups excluding carboxylic acids is 6. The molecule has 18 heteroatoms. The van der Waals surface area contributed by atoms with Crippen LogP contribution in [0.4, 0.5) is 5.69 Å². The van der Waals surface area contributed by atoms with Gasteiger partial charge in [-0.2, -0.15) is 0 Å². The first-order chi connectivity index (χ1) is 30.6. The highest BCUT2D eigenvalue weighted by atomic mass is 16.6. The molecule has 4 N–H and O–H groups in total. The van der Waals surface area contributed by atoms with Gasteiger partial charge in [-0.25, -0.2) is 9.59 Å². The van der Waals surface area contributed by atoms with Crippen molar-refractivity contribution in [3.8, 4) is 0 Å². The monoisotopic (exact) mass is 898 g/mol. The number of rotatable bonds is 11. The van der Waals surface area contributed by atoms with E-state index in [1.807, 2.05) is 0 Å². The minimum absolute atomic E-state index is 0.0322. The number of ether oxygens (including phenoxy) is 5. The summed E-state index contributed by atoms with van der Waals surface area (Å²) < 4.78 is 30.2. The number of non-ortho nitro benzene ring substituents is 1. The lowest BCUT2D eigenvalue weighted by molar-refractivity contribution is -0.384. The van der Waals surface area contributed by atoms with E-state index in [1.165, 1.54) is 64.1 Å². The van der Waals surface area contributed by atoms with Crippen molar-refractivity contribution >= 4 is 41.3 Å². The molecule has 0 spiro atoms. The quantitative estimate of drug-likeness (QED) is 0.0704. The van der Waals surface area contributed by atoms with Gasteiger partial charge in [0.15, 0.2) is 23.6 Å². The molecule has 3 fully saturated rings. The number of fused-ring (bicyclic) bond motifs is 5. The van der Waals surface area contributed by atoms with Gasteiger partial charge in [0.05, 0.1) is 40.6 Å². The van der Waals surface area contributed by atoms with Crippen LogP contribution in [0.2, 0.25) is 0 Å². The summed E-state index contributed by atoms with van der Waals surface area (Å²) >= 11 is 0. The Hall–Kier alpha value is -6.34. The number of aliphatic hydroxyl groups excluding tert-OH is 2. The van der Waals surface area contributed by atoms with Crippen molar-refractivity contribution in [2.75, 3.05) is 6.61 Å². The largest absolute Gasteiger partial charge is 0.456 e. The topological polar surface area (TPSA) is 264 Å². The molecule has 1 aliphatic heterocycles. The van der Waals surface area contributed by atoms with Crippen molar-refractivity contribution in [3.63, 3.8) is 0 Å². The second kappa shape index (κ2) is 17.2. The molecule has 7 rings (SSSR count). The van der Waals surface area contributed by atoms with Crippen LogP contribution in [0, 0.1) is 26.9 Å². The average Bonchev–Trinajstić information content (AvgIpc) is 3.26. The number of ketones is 1. The van der Waals surface area contributed by atoms with Crippen molar-refractivity contribution in [1.82, 2.24) is 5.32 Å². The molecule has 4 aliphatic rings. The van der Waals surface area contributed by atoms with Gasteiger partial charge in [-0.3, -0.25) is 29.3 Å². The van der Waals surface area contributed by atoms with Crippen molar-refractivity contribution in [3.05, 3.63) is 123 Å². The number of hydrogen-bond donors (Lipinski definition) is 4. The minimum Gasteiger partial charge on any atom is -0.456 e. The number of nitro groups is 1. The molecule has 18 nitrogen and oxygen atoms in total. The fourth-order valence-corrected chi connectivity index (χ4v) is 10.3.